The Labute approximate surface area is 115 Å². The van der Waals surface area contributed by atoms with E-state index < -0.39 is 0 Å². The number of nitrogens with zero attached hydrogens (tertiary/aromatic N) is 2. The highest BCUT2D eigenvalue weighted by Gasteiger charge is 2.21. The Morgan fingerprint density at radius 3 is 2.85 bits per heavy atom. The van der Waals surface area contributed by atoms with Crippen LogP contribution in [0.25, 0.3) is 10.9 Å². The molecule has 3 rings (SSSR count). The molecule has 1 fully saturated rings. The molecule has 6 nitrogen and oxygen atoms in total. The number of aromatic hydroxyl groups is 1. The highest BCUT2D eigenvalue weighted by atomic mass is 16.3. The van der Waals surface area contributed by atoms with Crippen molar-refractivity contribution in [3.05, 3.63) is 39.0 Å². The Balaban J connectivity index is 2.30. The van der Waals surface area contributed by atoms with Gasteiger partial charge >= 0.3 is 5.69 Å². The van der Waals surface area contributed by atoms with Crippen LogP contribution in [0.2, 0.25) is 0 Å². The van der Waals surface area contributed by atoms with Gasteiger partial charge in [0.2, 0.25) is 0 Å². The molecule has 106 valence electrons. The Hall–Kier alpha value is -2.08. The second-order valence-corrected chi connectivity index (χ2v) is 5.22. The molecule has 1 aromatic heterocycles. The van der Waals surface area contributed by atoms with Gasteiger partial charge in [0.25, 0.3) is 5.56 Å². The summed E-state index contributed by atoms with van der Waals surface area (Å²) in [7, 11) is 1.62. The third kappa shape index (κ3) is 1.92. The van der Waals surface area contributed by atoms with Crippen LogP contribution in [0.1, 0.15) is 18.9 Å². The maximum Gasteiger partial charge on any atom is 0.331 e. The molecule has 6 heteroatoms. The number of piperidine rings is 1. The third-order valence-electron chi connectivity index (χ3n) is 3.92. The van der Waals surface area contributed by atoms with Gasteiger partial charge in [-0.3, -0.25) is 13.9 Å². The van der Waals surface area contributed by atoms with Crippen molar-refractivity contribution in [2.24, 2.45) is 7.05 Å². The van der Waals surface area contributed by atoms with Gasteiger partial charge in [0.05, 0.1) is 16.9 Å². The van der Waals surface area contributed by atoms with Crippen molar-refractivity contribution in [2.45, 2.75) is 18.9 Å². The minimum Gasteiger partial charge on any atom is -0.508 e. The number of phenols is 1. The van der Waals surface area contributed by atoms with E-state index in [1.807, 2.05) is 0 Å². The molecule has 20 heavy (non-hydrogen) atoms. The molecular formula is C14H17N3O3. The van der Waals surface area contributed by atoms with Gasteiger partial charge in [-0.15, -0.1) is 0 Å². The van der Waals surface area contributed by atoms with E-state index >= 15 is 0 Å². The predicted molar refractivity (Wildman–Crippen MR) is 76.3 cm³/mol. The molecule has 2 heterocycles. The van der Waals surface area contributed by atoms with Crippen LogP contribution in [0.15, 0.2) is 27.8 Å². The Kier molecular flexibility index (Phi) is 3.10. The zero-order valence-electron chi connectivity index (χ0n) is 11.3. The van der Waals surface area contributed by atoms with Gasteiger partial charge in [-0.05, 0) is 31.5 Å². The van der Waals surface area contributed by atoms with E-state index in [1.54, 1.807) is 13.1 Å². The van der Waals surface area contributed by atoms with E-state index in [-0.39, 0.29) is 23.0 Å². The number of phenolic OH excluding ortho intramolecular Hbond substituents is 1. The number of aromatic nitrogens is 2. The molecule has 1 aromatic carbocycles. The molecular weight excluding hydrogens is 258 g/mol. The fourth-order valence-corrected chi connectivity index (χ4v) is 2.84. The number of benzene rings is 1. The van der Waals surface area contributed by atoms with Crippen molar-refractivity contribution < 1.29 is 5.11 Å². The van der Waals surface area contributed by atoms with Gasteiger partial charge < -0.3 is 10.4 Å². The monoisotopic (exact) mass is 275 g/mol. The molecule has 1 atom stereocenters. The van der Waals surface area contributed by atoms with Gasteiger partial charge in [-0.1, -0.05) is 0 Å². The lowest BCUT2D eigenvalue weighted by molar-refractivity contribution is 0.351. The highest BCUT2D eigenvalue weighted by Crippen LogP contribution is 2.17. The summed E-state index contributed by atoms with van der Waals surface area (Å²) in [5.74, 6) is 0.0454. The Morgan fingerprint density at radius 2 is 2.15 bits per heavy atom. The molecule has 1 aliphatic rings. The van der Waals surface area contributed by atoms with Crippen LogP contribution >= 0.6 is 0 Å². The van der Waals surface area contributed by atoms with Crippen molar-refractivity contribution >= 4 is 10.9 Å². The molecule has 0 spiro atoms. The lowest BCUT2D eigenvalue weighted by Crippen LogP contribution is -2.46. The summed E-state index contributed by atoms with van der Waals surface area (Å²) in [4.78, 5) is 25.0. The van der Waals surface area contributed by atoms with Crippen molar-refractivity contribution in [3.63, 3.8) is 0 Å². The van der Waals surface area contributed by atoms with Crippen LogP contribution in [0, 0.1) is 0 Å². The van der Waals surface area contributed by atoms with E-state index in [9.17, 15) is 14.7 Å². The fourth-order valence-electron chi connectivity index (χ4n) is 2.84. The predicted octanol–water partition coefficient (Wildman–Crippen LogP) is 0.330. The number of rotatable bonds is 1. The molecule has 0 saturated carbocycles. The van der Waals surface area contributed by atoms with Crippen molar-refractivity contribution in [1.29, 1.82) is 0 Å². The summed E-state index contributed by atoms with van der Waals surface area (Å²) in [6, 6.07) is 4.38. The topological polar surface area (TPSA) is 76.3 Å². The lowest BCUT2D eigenvalue weighted by atomic mass is 10.1. The van der Waals surface area contributed by atoms with Gasteiger partial charge in [0.15, 0.2) is 0 Å². The number of nitrogens with one attached hydrogen (secondary N) is 1. The second kappa shape index (κ2) is 4.79. The van der Waals surface area contributed by atoms with Crippen molar-refractivity contribution in [3.8, 4) is 5.75 Å². The van der Waals surface area contributed by atoms with Crippen LogP contribution in [0.3, 0.4) is 0 Å². The number of fused-ring (bicyclic) bond motifs is 1. The summed E-state index contributed by atoms with van der Waals surface area (Å²) in [5, 5.41) is 13.2. The normalized spacial score (nSPS) is 19.4. The van der Waals surface area contributed by atoms with E-state index in [0.29, 0.717) is 17.4 Å². The molecule has 2 N–H and O–H groups in total. The minimum atomic E-state index is -0.332. The standard InChI is InChI=1S/C14H17N3O3/c1-16-12-7-10(18)4-5-11(12)13(19)17(14(16)20)9-3-2-6-15-8-9/h4-5,7,9,15,18H,2-3,6,8H2,1H3. The zero-order chi connectivity index (χ0) is 14.3. The summed E-state index contributed by atoms with van der Waals surface area (Å²) in [5.41, 5.74) is -0.154. The first-order chi connectivity index (χ1) is 9.59. The Morgan fingerprint density at radius 1 is 1.35 bits per heavy atom. The second-order valence-electron chi connectivity index (χ2n) is 5.22. The van der Waals surface area contributed by atoms with Crippen molar-refractivity contribution in [1.82, 2.24) is 14.5 Å². The van der Waals surface area contributed by atoms with E-state index in [2.05, 4.69) is 5.32 Å². The van der Waals surface area contributed by atoms with Gasteiger partial charge in [0.1, 0.15) is 5.75 Å². The first-order valence-electron chi connectivity index (χ1n) is 6.74. The zero-order valence-corrected chi connectivity index (χ0v) is 11.3. The molecule has 1 unspecified atom stereocenters. The maximum atomic E-state index is 12.6. The number of aryl methyl sites for hydroxylation is 1. The average molecular weight is 275 g/mol. The fraction of sp³-hybridized carbons (Fsp3) is 0.429. The van der Waals surface area contributed by atoms with Gasteiger partial charge in [0, 0.05) is 19.7 Å². The first-order valence-corrected chi connectivity index (χ1v) is 6.74. The SMILES string of the molecule is Cn1c(=O)n(C2CCCNC2)c(=O)c2ccc(O)cc21. The summed E-state index contributed by atoms with van der Waals surface area (Å²) in [6.07, 6.45) is 1.78. The lowest BCUT2D eigenvalue weighted by Gasteiger charge is -2.25. The van der Waals surface area contributed by atoms with Crippen LogP contribution in [-0.4, -0.2) is 27.3 Å². The van der Waals surface area contributed by atoms with E-state index in [0.717, 1.165) is 19.4 Å². The van der Waals surface area contributed by atoms with Crippen molar-refractivity contribution in [2.75, 3.05) is 13.1 Å². The number of hydrogen-bond donors (Lipinski definition) is 2. The van der Waals surface area contributed by atoms with Crippen LogP contribution in [0.5, 0.6) is 5.75 Å². The van der Waals surface area contributed by atoms with Gasteiger partial charge in [-0.25, -0.2) is 4.79 Å². The molecule has 1 aliphatic heterocycles. The van der Waals surface area contributed by atoms with Crippen LogP contribution in [0.4, 0.5) is 0 Å². The molecule has 2 aromatic rings. The summed E-state index contributed by atoms with van der Waals surface area (Å²) < 4.78 is 2.76. The van der Waals surface area contributed by atoms with Gasteiger partial charge in [-0.2, -0.15) is 0 Å². The Bertz CT molecular complexity index is 770. The molecule has 1 saturated heterocycles. The highest BCUT2D eigenvalue weighted by molar-refractivity contribution is 5.79. The van der Waals surface area contributed by atoms with E-state index in [4.69, 9.17) is 0 Å². The van der Waals surface area contributed by atoms with Crippen LogP contribution < -0.4 is 16.6 Å². The summed E-state index contributed by atoms with van der Waals surface area (Å²) >= 11 is 0. The summed E-state index contributed by atoms with van der Waals surface area (Å²) in [6.45, 7) is 1.56. The first kappa shape index (κ1) is 12.9. The van der Waals surface area contributed by atoms with E-state index in [1.165, 1.54) is 21.3 Å². The third-order valence-corrected chi connectivity index (χ3v) is 3.92. The maximum absolute atomic E-state index is 12.6. The van der Waals surface area contributed by atoms with Crippen LogP contribution in [-0.2, 0) is 7.05 Å². The molecule has 0 radical (unpaired) electrons. The number of hydrogen-bond acceptors (Lipinski definition) is 4. The largest absolute Gasteiger partial charge is 0.508 e. The molecule has 0 amide bonds. The average Bonchev–Trinajstić information content (AvgIpc) is 2.46. The minimum absolute atomic E-state index is 0.0454. The quantitative estimate of drug-likeness (QED) is 0.786. The smallest absolute Gasteiger partial charge is 0.331 e. The molecule has 0 aliphatic carbocycles. The molecule has 0 bridgehead atoms.